The molecule has 0 aliphatic rings. The molecular weight excluding hydrogens is 222 g/mol. The fourth-order valence-corrected chi connectivity index (χ4v) is 1.18. The van der Waals surface area contributed by atoms with Crippen molar-refractivity contribution >= 4 is 11.9 Å². The number of aliphatic hydroxyl groups excluding tert-OH is 1. The number of carbonyl (C=O) groups excluding carboxylic acids is 2. The fraction of sp³-hybridized carbons (Fsp3) is 0.818. The van der Waals surface area contributed by atoms with Crippen LogP contribution in [0.5, 0.6) is 0 Å². The average Bonchev–Trinajstić information content (AvgIpc) is 2.22. The summed E-state index contributed by atoms with van der Waals surface area (Å²) in [4.78, 5) is 22.6. The largest absolute Gasteiger partial charge is 0.396 e. The van der Waals surface area contributed by atoms with Gasteiger partial charge < -0.3 is 21.5 Å². The lowest BCUT2D eigenvalue weighted by atomic mass is 9.94. The lowest BCUT2D eigenvalue weighted by Gasteiger charge is -2.25. The number of nitrogens with two attached hydrogens (primary N) is 1. The first-order valence-electron chi connectivity index (χ1n) is 5.64. The van der Waals surface area contributed by atoms with Gasteiger partial charge in [-0.25, -0.2) is 4.79 Å². The van der Waals surface area contributed by atoms with E-state index in [1.807, 2.05) is 27.7 Å². The summed E-state index contributed by atoms with van der Waals surface area (Å²) in [6, 6.07) is -1.37. The van der Waals surface area contributed by atoms with Gasteiger partial charge in [0.25, 0.3) is 0 Å². The van der Waals surface area contributed by atoms with Crippen LogP contribution in [0, 0.1) is 11.3 Å². The van der Waals surface area contributed by atoms with Crippen LogP contribution < -0.4 is 16.4 Å². The lowest BCUT2D eigenvalue weighted by Crippen LogP contribution is -2.52. The Balaban J connectivity index is 4.39. The van der Waals surface area contributed by atoms with Crippen LogP contribution in [-0.2, 0) is 4.79 Å². The van der Waals surface area contributed by atoms with E-state index in [9.17, 15) is 9.59 Å². The zero-order valence-corrected chi connectivity index (χ0v) is 10.9. The number of nitrogens with one attached hydrogen (secondary N) is 2. The van der Waals surface area contributed by atoms with Crippen molar-refractivity contribution in [2.24, 2.45) is 17.1 Å². The van der Waals surface area contributed by atoms with Gasteiger partial charge in [0.1, 0.15) is 6.04 Å². The first-order valence-corrected chi connectivity index (χ1v) is 5.64. The molecule has 1 unspecified atom stereocenters. The van der Waals surface area contributed by atoms with Crippen molar-refractivity contribution in [2.45, 2.75) is 33.7 Å². The highest BCUT2D eigenvalue weighted by molar-refractivity contribution is 5.86. The van der Waals surface area contributed by atoms with Gasteiger partial charge in [-0.2, -0.15) is 0 Å². The third-order valence-corrected chi connectivity index (χ3v) is 2.42. The molecule has 0 saturated heterocycles. The zero-order valence-electron chi connectivity index (χ0n) is 10.9. The van der Waals surface area contributed by atoms with Gasteiger partial charge in [0.15, 0.2) is 0 Å². The molecule has 6 nitrogen and oxygen atoms in total. The Morgan fingerprint density at radius 1 is 1.35 bits per heavy atom. The van der Waals surface area contributed by atoms with Crippen LogP contribution in [-0.4, -0.2) is 36.2 Å². The van der Waals surface area contributed by atoms with E-state index < -0.39 is 12.1 Å². The van der Waals surface area contributed by atoms with Crippen molar-refractivity contribution in [3.05, 3.63) is 0 Å². The van der Waals surface area contributed by atoms with E-state index in [1.54, 1.807) is 0 Å². The smallest absolute Gasteiger partial charge is 0.312 e. The number of urea groups is 1. The Labute approximate surface area is 102 Å². The molecule has 0 aromatic rings. The third kappa shape index (κ3) is 6.11. The minimum atomic E-state index is -0.722. The normalized spacial score (nSPS) is 13.3. The van der Waals surface area contributed by atoms with Gasteiger partial charge in [-0.15, -0.1) is 0 Å². The van der Waals surface area contributed by atoms with E-state index in [-0.39, 0.29) is 23.8 Å². The number of rotatable bonds is 6. The number of primary amides is 1. The minimum absolute atomic E-state index is 0.0249. The number of hydrogen-bond acceptors (Lipinski definition) is 3. The summed E-state index contributed by atoms with van der Waals surface area (Å²) in [5.41, 5.74) is 4.62. The average molecular weight is 245 g/mol. The zero-order chi connectivity index (χ0) is 13.6. The van der Waals surface area contributed by atoms with E-state index in [1.165, 1.54) is 0 Å². The molecule has 0 aliphatic heterocycles. The quantitative estimate of drug-likeness (QED) is 0.521. The SMILES string of the molecule is CC(C)C(NC(N)=O)C(=O)NCC(C)(C)CO. The van der Waals surface area contributed by atoms with E-state index in [0.29, 0.717) is 6.54 Å². The highest BCUT2D eigenvalue weighted by atomic mass is 16.3. The van der Waals surface area contributed by atoms with Crippen molar-refractivity contribution in [1.29, 1.82) is 0 Å². The van der Waals surface area contributed by atoms with Crippen molar-refractivity contribution in [1.82, 2.24) is 10.6 Å². The van der Waals surface area contributed by atoms with E-state index in [4.69, 9.17) is 10.8 Å². The summed E-state index contributed by atoms with van der Waals surface area (Å²) in [7, 11) is 0. The summed E-state index contributed by atoms with van der Waals surface area (Å²) in [5.74, 6) is -0.347. The molecule has 0 aliphatic carbocycles. The molecule has 1 atom stereocenters. The lowest BCUT2D eigenvalue weighted by molar-refractivity contribution is -0.124. The molecule has 0 saturated carbocycles. The Hall–Kier alpha value is -1.30. The van der Waals surface area contributed by atoms with Crippen molar-refractivity contribution < 1.29 is 14.7 Å². The first kappa shape index (κ1) is 15.7. The Kier molecular flexibility index (Phi) is 5.95. The van der Waals surface area contributed by atoms with Crippen LogP contribution in [0.15, 0.2) is 0 Å². The molecule has 0 aromatic heterocycles. The fourth-order valence-electron chi connectivity index (χ4n) is 1.18. The molecule has 6 heteroatoms. The number of carbonyl (C=O) groups is 2. The molecule has 17 heavy (non-hydrogen) atoms. The summed E-state index contributed by atoms with van der Waals surface area (Å²) >= 11 is 0. The van der Waals surface area contributed by atoms with Gasteiger partial charge in [0, 0.05) is 18.6 Å². The Morgan fingerprint density at radius 2 is 1.88 bits per heavy atom. The molecule has 0 aromatic carbocycles. The molecule has 0 heterocycles. The Morgan fingerprint density at radius 3 is 2.24 bits per heavy atom. The Bertz CT molecular complexity index is 277. The number of aliphatic hydroxyl groups is 1. The summed E-state index contributed by atoms with van der Waals surface area (Å²) < 4.78 is 0. The van der Waals surface area contributed by atoms with Crippen LogP contribution in [0.4, 0.5) is 4.79 Å². The monoisotopic (exact) mass is 245 g/mol. The van der Waals surface area contributed by atoms with Crippen molar-refractivity contribution in [2.75, 3.05) is 13.2 Å². The topological polar surface area (TPSA) is 104 Å². The molecule has 0 radical (unpaired) electrons. The molecular formula is C11H23N3O3. The van der Waals surface area contributed by atoms with Gasteiger partial charge in [0.05, 0.1) is 0 Å². The summed E-state index contributed by atoms with van der Waals surface area (Å²) in [6.07, 6.45) is 0. The van der Waals surface area contributed by atoms with Crippen LogP contribution in [0.25, 0.3) is 0 Å². The highest BCUT2D eigenvalue weighted by Crippen LogP contribution is 2.11. The van der Waals surface area contributed by atoms with Crippen LogP contribution in [0.1, 0.15) is 27.7 Å². The van der Waals surface area contributed by atoms with Crippen molar-refractivity contribution in [3.8, 4) is 0 Å². The highest BCUT2D eigenvalue weighted by Gasteiger charge is 2.25. The van der Waals surface area contributed by atoms with E-state index >= 15 is 0 Å². The van der Waals surface area contributed by atoms with Gasteiger partial charge in [0.2, 0.25) is 5.91 Å². The molecule has 0 spiro atoms. The minimum Gasteiger partial charge on any atom is -0.396 e. The second kappa shape index (κ2) is 6.44. The van der Waals surface area contributed by atoms with Crippen LogP contribution >= 0.6 is 0 Å². The maximum absolute atomic E-state index is 11.8. The standard InChI is InChI=1S/C11H23N3O3/c1-7(2)8(14-10(12)17)9(16)13-5-11(3,4)6-15/h7-8,15H,5-6H2,1-4H3,(H,13,16)(H3,12,14,17). The maximum atomic E-state index is 11.8. The molecule has 5 N–H and O–H groups in total. The summed E-state index contributed by atoms with van der Waals surface area (Å²) in [6.45, 7) is 7.61. The van der Waals surface area contributed by atoms with Crippen LogP contribution in [0.3, 0.4) is 0 Å². The van der Waals surface area contributed by atoms with Crippen LogP contribution in [0.2, 0.25) is 0 Å². The van der Waals surface area contributed by atoms with Crippen molar-refractivity contribution in [3.63, 3.8) is 0 Å². The third-order valence-electron chi connectivity index (χ3n) is 2.42. The second-order valence-corrected chi connectivity index (χ2v) is 5.27. The first-order chi connectivity index (χ1) is 7.69. The van der Waals surface area contributed by atoms with Gasteiger partial charge >= 0.3 is 6.03 Å². The molecule has 3 amide bonds. The maximum Gasteiger partial charge on any atom is 0.312 e. The second-order valence-electron chi connectivity index (χ2n) is 5.27. The predicted molar refractivity (Wildman–Crippen MR) is 65.2 cm³/mol. The molecule has 100 valence electrons. The molecule has 0 bridgehead atoms. The summed E-state index contributed by atoms with van der Waals surface area (Å²) in [5, 5.41) is 14.1. The molecule has 0 rings (SSSR count). The van der Waals surface area contributed by atoms with Gasteiger partial charge in [-0.3, -0.25) is 4.79 Å². The number of hydrogen-bond donors (Lipinski definition) is 4. The van der Waals surface area contributed by atoms with E-state index in [2.05, 4.69) is 10.6 Å². The van der Waals surface area contributed by atoms with Gasteiger partial charge in [-0.05, 0) is 5.92 Å². The van der Waals surface area contributed by atoms with Gasteiger partial charge in [-0.1, -0.05) is 27.7 Å². The van der Waals surface area contributed by atoms with E-state index in [0.717, 1.165) is 0 Å². The molecule has 0 fully saturated rings. The predicted octanol–water partition coefficient (Wildman–Crippen LogP) is -0.186. The number of amides is 3.